The molecule has 0 aliphatic rings. The van der Waals surface area contributed by atoms with Crippen molar-refractivity contribution in [3.05, 3.63) is 7.11 Å². The number of hydrogen-bond acceptors (Lipinski definition) is 2. The molecule has 0 fully saturated rings. The minimum Gasteiger partial charge on any atom is -0.379 e. The van der Waals surface area contributed by atoms with Gasteiger partial charge in [0.1, 0.15) is 7.11 Å². The Labute approximate surface area is 57.2 Å². The highest BCUT2D eigenvalue weighted by Gasteiger charge is 1.84. The van der Waals surface area contributed by atoms with Crippen LogP contribution in [-0.2, 0) is 9.47 Å². The van der Waals surface area contributed by atoms with Crippen LogP contribution in [0.25, 0.3) is 0 Å². The van der Waals surface area contributed by atoms with Crippen LogP contribution in [0.15, 0.2) is 0 Å². The third-order valence-corrected chi connectivity index (χ3v) is 0.988. The highest BCUT2D eigenvalue weighted by Crippen LogP contribution is 1.86. The fourth-order valence-electron chi connectivity index (χ4n) is 0.455. The van der Waals surface area contributed by atoms with Crippen molar-refractivity contribution >= 4 is 0 Å². The van der Waals surface area contributed by atoms with Gasteiger partial charge in [-0.25, -0.2) is 0 Å². The molecule has 0 aromatic heterocycles. The minimum absolute atomic E-state index is 0.490. The summed E-state index contributed by atoms with van der Waals surface area (Å²) < 4.78 is 9.41. The molecule has 0 rings (SSSR count). The Morgan fingerprint density at radius 2 is 2.00 bits per heavy atom. The van der Waals surface area contributed by atoms with Gasteiger partial charge in [0.2, 0.25) is 0 Å². The van der Waals surface area contributed by atoms with Crippen LogP contribution in [0.1, 0.15) is 19.8 Å². The van der Waals surface area contributed by atoms with E-state index in [9.17, 15) is 0 Å². The summed E-state index contributed by atoms with van der Waals surface area (Å²) in [5.41, 5.74) is 0. The summed E-state index contributed by atoms with van der Waals surface area (Å²) in [6.45, 7) is 4.04. The molecule has 2 nitrogen and oxygen atoms in total. The van der Waals surface area contributed by atoms with Crippen LogP contribution in [0.2, 0.25) is 0 Å². The predicted octanol–water partition coefficient (Wildman–Crippen LogP) is 1.49. The summed E-state index contributed by atoms with van der Waals surface area (Å²) in [6.07, 6.45) is 2.29. The van der Waals surface area contributed by atoms with Gasteiger partial charge in [0.25, 0.3) is 0 Å². The first-order valence-electron chi connectivity index (χ1n) is 3.31. The number of hydrogen-bond donors (Lipinski definition) is 0. The second kappa shape index (κ2) is 7.92. The molecule has 0 aliphatic heterocycles. The van der Waals surface area contributed by atoms with E-state index in [1.807, 2.05) is 0 Å². The van der Waals surface area contributed by atoms with Gasteiger partial charge >= 0.3 is 0 Å². The maximum absolute atomic E-state index is 5.11. The minimum atomic E-state index is 0.490. The Balaban J connectivity index is 2.60. The van der Waals surface area contributed by atoms with Gasteiger partial charge in [-0.2, -0.15) is 0 Å². The predicted molar refractivity (Wildman–Crippen MR) is 36.0 cm³/mol. The van der Waals surface area contributed by atoms with Gasteiger partial charge in [-0.15, -0.1) is 0 Å². The summed E-state index contributed by atoms with van der Waals surface area (Å²) in [6, 6.07) is 0. The fourth-order valence-corrected chi connectivity index (χ4v) is 0.455. The third-order valence-electron chi connectivity index (χ3n) is 0.988. The van der Waals surface area contributed by atoms with Gasteiger partial charge in [-0.3, -0.25) is 0 Å². The molecule has 0 aliphatic carbocycles. The average molecular weight is 130 g/mol. The molecule has 54 valence electrons. The molecule has 9 heavy (non-hydrogen) atoms. The molecule has 0 heterocycles. The van der Waals surface area contributed by atoms with E-state index in [2.05, 4.69) is 11.7 Å². The topological polar surface area (TPSA) is 18.5 Å². The molecule has 0 amide bonds. The van der Waals surface area contributed by atoms with Crippen LogP contribution >= 0.6 is 0 Å². The van der Waals surface area contributed by atoms with E-state index in [1.165, 1.54) is 6.42 Å². The molecule has 2 radical (unpaired) electrons. The Kier molecular flexibility index (Phi) is 7.85. The molecule has 0 aromatic carbocycles. The lowest BCUT2D eigenvalue weighted by molar-refractivity contribution is 0.0812. The van der Waals surface area contributed by atoms with Gasteiger partial charge in [0, 0.05) is 6.61 Å². The van der Waals surface area contributed by atoms with Gasteiger partial charge < -0.3 is 9.47 Å². The molecular weight excluding hydrogens is 116 g/mol. The average Bonchev–Trinajstić information content (AvgIpc) is 1.89. The monoisotopic (exact) mass is 130 g/mol. The highest BCUT2D eigenvalue weighted by atomic mass is 16.5. The van der Waals surface area contributed by atoms with Crippen molar-refractivity contribution in [3.63, 3.8) is 0 Å². The van der Waals surface area contributed by atoms with Crippen LogP contribution in [0.4, 0.5) is 0 Å². The largest absolute Gasteiger partial charge is 0.379 e. The Hall–Kier alpha value is -0.0800. The molecule has 0 atom stereocenters. The van der Waals surface area contributed by atoms with Gasteiger partial charge in [-0.05, 0) is 6.42 Å². The van der Waals surface area contributed by atoms with Crippen LogP contribution in [0, 0.1) is 7.11 Å². The molecule has 0 unspecified atom stereocenters. The molecule has 2 heteroatoms. The molecule has 0 N–H and O–H groups in total. The van der Waals surface area contributed by atoms with E-state index in [1.54, 1.807) is 0 Å². The second-order valence-electron chi connectivity index (χ2n) is 1.84. The zero-order chi connectivity index (χ0) is 6.95. The first-order valence-corrected chi connectivity index (χ1v) is 3.31. The zero-order valence-electron chi connectivity index (χ0n) is 5.93. The van der Waals surface area contributed by atoms with Crippen molar-refractivity contribution in [2.45, 2.75) is 19.8 Å². The molecular formula is C7H14O2. The van der Waals surface area contributed by atoms with E-state index >= 15 is 0 Å². The number of rotatable bonds is 6. The van der Waals surface area contributed by atoms with Crippen LogP contribution in [0.5, 0.6) is 0 Å². The van der Waals surface area contributed by atoms with Gasteiger partial charge in [0.15, 0.2) is 0 Å². The van der Waals surface area contributed by atoms with Crippen LogP contribution in [-0.4, -0.2) is 19.8 Å². The van der Waals surface area contributed by atoms with Crippen molar-refractivity contribution in [1.82, 2.24) is 0 Å². The Morgan fingerprint density at radius 3 is 2.56 bits per heavy atom. The van der Waals surface area contributed by atoms with Crippen molar-refractivity contribution in [1.29, 1.82) is 0 Å². The van der Waals surface area contributed by atoms with Gasteiger partial charge in [0.05, 0.1) is 13.2 Å². The summed E-state index contributed by atoms with van der Waals surface area (Å²) in [5, 5.41) is 0. The summed E-state index contributed by atoms with van der Waals surface area (Å²) >= 11 is 0. The van der Waals surface area contributed by atoms with Gasteiger partial charge in [-0.1, -0.05) is 13.3 Å². The first kappa shape index (κ1) is 8.92. The normalized spacial score (nSPS) is 10.0. The first-order chi connectivity index (χ1) is 4.41. The summed E-state index contributed by atoms with van der Waals surface area (Å²) in [5.74, 6) is 0. The second-order valence-corrected chi connectivity index (χ2v) is 1.84. The lowest BCUT2D eigenvalue weighted by Gasteiger charge is -1.99. The third kappa shape index (κ3) is 7.92. The fraction of sp³-hybridized carbons (Fsp3) is 0.857. The molecule has 0 saturated carbocycles. The van der Waals surface area contributed by atoms with Crippen LogP contribution < -0.4 is 0 Å². The Morgan fingerprint density at radius 1 is 1.22 bits per heavy atom. The number of ether oxygens (including phenoxy) is 2. The van der Waals surface area contributed by atoms with Crippen LogP contribution in [0.3, 0.4) is 0 Å². The maximum atomic E-state index is 5.11. The highest BCUT2D eigenvalue weighted by molar-refractivity contribution is 4.32. The van der Waals surface area contributed by atoms with E-state index in [0.717, 1.165) is 13.0 Å². The lowest BCUT2D eigenvalue weighted by atomic mass is 10.4. The van der Waals surface area contributed by atoms with Crippen molar-refractivity contribution < 1.29 is 9.47 Å². The number of unbranched alkanes of at least 4 members (excludes halogenated alkanes) is 1. The molecule has 0 bridgehead atoms. The van der Waals surface area contributed by atoms with E-state index < -0.39 is 0 Å². The van der Waals surface area contributed by atoms with E-state index in [0.29, 0.717) is 13.2 Å². The molecule has 0 saturated heterocycles. The quantitative estimate of drug-likeness (QED) is 0.507. The maximum Gasteiger partial charge on any atom is 0.115 e. The zero-order valence-corrected chi connectivity index (χ0v) is 5.93. The molecule has 0 spiro atoms. The standard InChI is InChI=1S/C7H14O2/c1-3-4-5-9-7-6-8-2/h2H,3-7H2,1H3. The van der Waals surface area contributed by atoms with Crippen molar-refractivity contribution in [3.8, 4) is 0 Å². The molecule has 0 aromatic rings. The Bertz CT molecular complexity index is 40.2. The van der Waals surface area contributed by atoms with Crippen molar-refractivity contribution in [2.24, 2.45) is 0 Å². The summed E-state index contributed by atoms with van der Waals surface area (Å²) in [4.78, 5) is 0. The van der Waals surface area contributed by atoms with Crippen molar-refractivity contribution in [2.75, 3.05) is 19.8 Å². The lowest BCUT2D eigenvalue weighted by Crippen LogP contribution is -2.01. The van der Waals surface area contributed by atoms with E-state index in [-0.39, 0.29) is 0 Å². The van der Waals surface area contributed by atoms with E-state index in [4.69, 9.17) is 11.8 Å². The smallest absolute Gasteiger partial charge is 0.115 e. The summed E-state index contributed by atoms with van der Waals surface area (Å²) in [7, 11) is 4.76. The SMILES string of the molecule is [CH]OCCOCCCC.